The fourth-order valence-electron chi connectivity index (χ4n) is 1.16. The standard InChI is InChI=1S/C10H15N3O/c1-2-5-13(6-7-14)10-4-3-9(11)8-12-10/h2-4,8,14H,1,5-7,11H2. The van der Waals surface area contributed by atoms with Crippen molar-refractivity contribution in [2.24, 2.45) is 0 Å². The second kappa shape index (κ2) is 5.24. The summed E-state index contributed by atoms with van der Waals surface area (Å²) in [6, 6.07) is 3.62. The number of aliphatic hydroxyl groups is 1. The molecule has 0 aliphatic heterocycles. The van der Waals surface area contributed by atoms with E-state index in [2.05, 4.69) is 11.6 Å². The van der Waals surface area contributed by atoms with E-state index in [1.54, 1.807) is 18.3 Å². The Morgan fingerprint density at radius 3 is 2.86 bits per heavy atom. The fourth-order valence-corrected chi connectivity index (χ4v) is 1.16. The summed E-state index contributed by atoms with van der Waals surface area (Å²) in [6.07, 6.45) is 3.37. The molecule has 0 aromatic carbocycles. The minimum atomic E-state index is 0.0971. The number of nitrogens with zero attached hydrogens (tertiary/aromatic N) is 2. The van der Waals surface area contributed by atoms with Crippen molar-refractivity contribution in [3.63, 3.8) is 0 Å². The van der Waals surface area contributed by atoms with Crippen molar-refractivity contribution in [1.29, 1.82) is 0 Å². The van der Waals surface area contributed by atoms with Crippen LogP contribution >= 0.6 is 0 Å². The highest BCUT2D eigenvalue weighted by Crippen LogP contribution is 2.11. The minimum absolute atomic E-state index is 0.0971. The summed E-state index contributed by atoms with van der Waals surface area (Å²) < 4.78 is 0. The van der Waals surface area contributed by atoms with Gasteiger partial charge < -0.3 is 15.7 Å². The third kappa shape index (κ3) is 2.74. The Morgan fingerprint density at radius 2 is 2.36 bits per heavy atom. The highest BCUT2D eigenvalue weighted by Gasteiger charge is 2.04. The molecule has 0 aliphatic rings. The van der Waals surface area contributed by atoms with Crippen LogP contribution in [0.2, 0.25) is 0 Å². The van der Waals surface area contributed by atoms with Crippen LogP contribution in [-0.4, -0.2) is 29.8 Å². The van der Waals surface area contributed by atoms with Gasteiger partial charge in [0.15, 0.2) is 0 Å². The lowest BCUT2D eigenvalue weighted by Crippen LogP contribution is -2.27. The van der Waals surface area contributed by atoms with E-state index in [1.165, 1.54) is 0 Å². The molecule has 0 spiro atoms. The maximum atomic E-state index is 8.85. The van der Waals surface area contributed by atoms with Crippen LogP contribution in [0, 0.1) is 0 Å². The predicted molar refractivity (Wildman–Crippen MR) is 58.1 cm³/mol. The average Bonchev–Trinajstić information content (AvgIpc) is 2.19. The number of hydrogen-bond acceptors (Lipinski definition) is 4. The van der Waals surface area contributed by atoms with E-state index in [0.717, 1.165) is 5.82 Å². The molecule has 0 fully saturated rings. The van der Waals surface area contributed by atoms with Crippen LogP contribution in [0.3, 0.4) is 0 Å². The van der Waals surface area contributed by atoms with Gasteiger partial charge in [-0.3, -0.25) is 0 Å². The third-order valence-corrected chi connectivity index (χ3v) is 1.81. The Morgan fingerprint density at radius 1 is 1.57 bits per heavy atom. The predicted octanol–water partition coefficient (Wildman–Crippen LogP) is 0.649. The van der Waals surface area contributed by atoms with Crippen molar-refractivity contribution in [1.82, 2.24) is 4.98 Å². The molecule has 0 saturated heterocycles. The molecule has 14 heavy (non-hydrogen) atoms. The SMILES string of the molecule is C=CCN(CCO)c1ccc(N)cn1. The summed E-state index contributed by atoms with van der Waals surface area (Å²) in [5.41, 5.74) is 6.16. The van der Waals surface area contributed by atoms with Gasteiger partial charge in [0.05, 0.1) is 18.5 Å². The number of nitrogen functional groups attached to an aromatic ring is 1. The van der Waals surface area contributed by atoms with Gasteiger partial charge in [0.2, 0.25) is 0 Å². The first-order valence-corrected chi connectivity index (χ1v) is 4.46. The van der Waals surface area contributed by atoms with Crippen molar-refractivity contribution < 1.29 is 5.11 Å². The molecule has 0 bridgehead atoms. The molecule has 1 rings (SSSR count). The average molecular weight is 193 g/mol. The lowest BCUT2D eigenvalue weighted by Gasteiger charge is -2.20. The highest BCUT2D eigenvalue weighted by atomic mass is 16.3. The van der Waals surface area contributed by atoms with Crippen LogP contribution in [0.4, 0.5) is 11.5 Å². The van der Waals surface area contributed by atoms with Crippen molar-refractivity contribution in [2.75, 3.05) is 30.3 Å². The molecule has 4 heteroatoms. The molecule has 0 amide bonds. The van der Waals surface area contributed by atoms with Crippen LogP contribution in [0.5, 0.6) is 0 Å². The van der Waals surface area contributed by atoms with E-state index in [1.807, 2.05) is 11.0 Å². The van der Waals surface area contributed by atoms with Gasteiger partial charge in [0.1, 0.15) is 5.82 Å². The first-order valence-electron chi connectivity index (χ1n) is 4.46. The second-order valence-electron chi connectivity index (χ2n) is 2.91. The van der Waals surface area contributed by atoms with Crippen molar-refractivity contribution in [3.8, 4) is 0 Å². The Kier molecular flexibility index (Phi) is 3.94. The Bertz CT molecular complexity index is 284. The number of anilines is 2. The molecule has 76 valence electrons. The summed E-state index contributed by atoms with van der Waals surface area (Å²) in [4.78, 5) is 6.08. The van der Waals surface area contributed by atoms with Crippen LogP contribution in [0.25, 0.3) is 0 Å². The quantitative estimate of drug-likeness (QED) is 0.674. The van der Waals surface area contributed by atoms with Crippen LogP contribution in [-0.2, 0) is 0 Å². The molecule has 0 radical (unpaired) electrons. The van der Waals surface area contributed by atoms with E-state index < -0.39 is 0 Å². The topological polar surface area (TPSA) is 62.4 Å². The molecule has 0 aliphatic carbocycles. The van der Waals surface area contributed by atoms with Gasteiger partial charge >= 0.3 is 0 Å². The zero-order valence-electron chi connectivity index (χ0n) is 8.06. The van der Waals surface area contributed by atoms with Crippen molar-refractivity contribution in [3.05, 3.63) is 31.0 Å². The molecule has 0 saturated carbocycles. The van der Waals surface area contributed by atoms with Gasteiger partial charge in [-0.25, -0.2) is 4.98 Å². The monoisotopic (exact) mass is 193 g/mol. The Balaban J connectivity index is 2.76. The van der Waals surface area contributed by atoms with Gasteiger partial charge in [-0.05, 0) is 12.1 Å². The molecule has 1 heterocycles. The van der Waals surface area contributed by atoms with Crippen LogP contribution in [0.1, 0.15) is 0 Å². The molecule has 0 atom stereocenters. The highest BCUT2D eigenvalue weighted by molar-refractivity contribution is 5.46. The van der Waals surface area contributed by atoms with E-state index in [-0.39, 0.29) is 6.61 Å². The first kappa shape index (κ1) is 10.5. The Hall–Kier alpha value is -1.55. The number of nitrogens with two attached hydrogens (primary N) is 1. The summed E-state index contributed by atoms with van der Waals surface area (Å²) in [6.45, 7) is 4.96. The van der Waals surface area contributed by atoms with Gasteiger partial charge in [-0.1, -0.05) is 6.08 Å². The molecule has 0 unspecified atom stereocenters. The second-order valence-corrected chi connectivity index (χ2v) is 2.91. The van der Waals surface area contributed by atoms with E-state index in [9.17, 15) is 0 Å². The van der Waals surface area contributed by atoms with Crippen molar-refractivity contribution in [2.45, 2.75) is 0 Å². The lowest BCUT2D eigenvalue weighted by molar-refractivity contribution is 0.302. The summed E-state index contributed by atoms with van der Waals surface area (Å²) in [5.74, 6) is 0.799. The molecule has 3 N–H and O–H groups in total. The normalized spacial score (nSPS) is 9.79. The van der Waals surface area contributed by atoms with Gasteiger partial charge in [-0.2, -0.15) is 0 Å². The number of rotatable bonds is 5. The number of pyridine rings is 1. The largest absolute Gasteiger partial charge is 0.397 e. The fraction of sp³-hybridized carbons (Fsp3) is 0.300. The van der Waals surface area contributed by atoms with Crippen molar-refractivity contribution >= 4 is 11.5 Å². The summed E-state index contributed by atoms with van der Waals surface area (Å²) in [7, 11) is 0. The zero-order valence-corrected chi connectivity index (χ0v) is 8.06. The summed E-state index contributed by atoms with van der Waals surface area (Å²) in [5, 5.41) is 8.85. The lowest BCUT2D eigenvalue weighted by atomic mass is 10.3. The van der Waals surface area contributed by atoms with Gasteiger partial charge in [0.25, 0.3) is 0 Å². The van der Waals surface area contributed by atoms with E-state index in [4.69, 9.17) is 10.8 Å². The number of aromatic nitrogens is 1. The molecule has 1 aromatic heterocycles. The number of aliphatic hydroxyl groups excluding tert-OH is 1. The molecule has 4 nitrogen and oxygen atoms in total. The zero-order chi connectivity index (χ0) is 10.4. The van der Waals surface area contributed by atoms with Gasteiger partial charge in [0, 0.05) is 13.1 Å². The Labute approximate surface area is 83.7 Å². The minimum Gasteiger partial charge on any atom is -0.397 e. The van der Waals surface area contributed by atoms with Crippen LogP contribution in [0.15, 0.2) is 31.0 Å². The molecular formula is C10H15N3O. The van der Waals surface area contributed by atoms with Crippen LogP contribution < -0.4 is 10.6 Å². The van der Waals surface area contributed by atoms with Gasteiger partial charge in [-0.15, -0.1) is 6.58 Å². The van der Waals surface area contributed by atoms with E-state index >= 15 is 0 Å². The molecule has 1 aromatic rings. The maximum absolute atomic E-state index is 8.85. The summed E-state index contributed by atoms with van der Waals surface area (Å²) >= 11 is 0. The van der Waals surface area contributed by atoms with E-state index in [0.29, 0.717) is 18.8 Å². The smallest absolute Gasteiger partial charge is 0.128 e. The molecular weight excluding hydrogens is 178 g/mol. The maximum Gasteiger partial charge on any atom is 0.128 e. The third-order valence-electron chi connectivity index (χ3n) is 1.81. The first-order chi connectivity index (χ1) is 6.77. The number of hydrogen-bond donors (Lipinski definition) is 2.